The largest absolute Gasteiger partial charge is 0.316 e. The Kier molecular flexibility index (Phi) is 3.78. The van der Waals surface area contributed by atoms with Crippen LogP contribution in [-0.4, -0.2) is 37.9 Å². The van der Waals surface area contributed by atoms with Gasteiger partial charge in [0.25, 0.3) is 0 Å². The summed E-state index contributed by atoms with van der Waals surface area (Å²) >= 11 is 12.2. The van der Waals surface area contributed by atoms with Gasteiger partial charge in [-0.1, -0.05) is 29.3 Å². The molecule has 0 aromatic heterocycles. The van der Waals surface area contributed by atoms with Crippen molar-refractivity contribution >= 4 is 33.2 Å². The summed E-state index contributed by atoms with van der Waals surface area (Å²) in [6.45, 7) is 6.17. The molecule has 2 aliphatic heterocycles. The van der Waals surface area contributed by atoms with Crippen molar-refractivity contribution in [2.24, 2.45) is 11.8 Å². The third-order valence-electron chi connectivity index (χ3n) is 4.76. The predicted octanol–water partition coefficient (Wildman–Crippen LogP) is 2.61. The minimum absolute atomic E-state index is 0.0225. The smallest absolute Gasteiger partial charge is 0.246 e. The summed E-state index contributed by atoms with van der Waals surface area (Å²) < 4.78 is 27.7. The van der Waals surface area contributed by atoms with Gasteiger partial charge in [0.15, 0.2) is 0 Å². The Labute approximate surface area is 135 Å². The molecule has 1 N–H and O–H groups in total. The van der Waals surface area contributed by atoms with Gasteiger partial charge in [-0.2, -0.15) is 4.31 Å². The monoisotopic (exact) mass is 348 g/mol. The first-order valence-electron chi connectivity index (χ1n) is 6.94. The number of nitrogens with zero attached hydrogens (tertiary/aromatic N) is 1. The molecule has 1 aromatic carbocycles. The fourth-order valence-corrected chi connectivity index (χ4v) is 6.61. The van der Waals surface area contributed by atoms with Crippen LogP contribution in [0.15, 0.2) is 23.1 Å². The minimum Gasteiger partial charge on any atom is -0.316 e. The number of sulfonamides is 1. The van der Waals surface area contributed by atoms with E-state index in [4.69, 9.17) is 23.2 Å². The first kappa shape index (κ1) is 15.6. The molecule has 0 aliphatic carbocycles. The highest BCUT2D eigenvalue weighted by molar-refractivity contribution is 7.89. The molecular weight excluding hydrogens is 331 g/mol. The van der Waals surface area contributed by atoms with Crippen LogP contribution in [0.25, 0.3) is 0 Å². The van der Waals surface area contributed by atoms with Gasteiger partial charge in [0.2, 0.25) is 10.0 Å². The third kappa shape index (κ3) is 2.30. The zero-order valence-electron chi connectivity index (χ0n) is 11.9. The number of hydrogen-bond acceptors (Lipinski definition) is 3. The maximum Gasteiger partial charge on any atom is 0.246 e. The fourth-order valence-electron chi connectivity index (χ4n) is 3.63. The summed E-state index contributed by atoms with van der Waals surface area (Å²) in [4.78, 5) is 0.0225. The Hall–Kier alpha value is -0.330. The van der Waals surface area contributed by atoms with Crippen LogP contribution in [0.3, 0.4) is 0 Å². The molecule has 21 heavy (non-hydrogen) atoms. The topological polar surface area (TPSA) is 49.4 Å². The molecule has 0 radical (unpaired) electrons. The molecule has 2 atom stereocenters. The van der Waals surface area contributed by atoms with E-state index in [1.54, 1.807) is 22.5 Å². The van der Waals surface area contributed by atoms with Crippen LogP contribution in [0.1, 0.15) is 13.8 Å². The summed E-state index contributed by atoms with van der Waals surface area (Å²) in [6.07, 6.45) is 0. The average molecular weight is 349 g/mol. The molecule has 0 bridgehead atoms. The predicted molar refractivity (Wildman–Crippen MR) is 84.3 cm³/mol. The SMILES string of the molecule is CC1(C)C2CNCC2CN1S(=O)(=O)c1c(Cl)cccc1Cl. The van der Waals surface area contributed by atoms with Gasteiger partial charge in [0, 0.05) is 18.6 Å². The second-order valence-electron chi connectivity index (χ2n) is 6.27. The van der Waals surface area contributed by atoms with Crippen LogP contribution in [0.4, 0.5) is 0 Å². The van der Waals surface area contributed by atoms with Gasteiger partial charge >= 0.3 is 0 Å². The summed E-state index contributed by atoms with van der Waals surface area (Å²) in [5.41, 5.74) is -0.449. The number of benzene rings is 1. The van der Waals surface area contributed by atoms with Crippen molar-refractivity contribution in [2.45, 2.75) is 24.3 Å². The number of halogens is 2. The van der Waals surface area contributed by atoms with Gasteiger partial charge in [0.1, 0.15) is 4.90 Å². The van der Waals surface area contributed by atoms with Crippen LogP contribution in [-0.2, 0) is 10.0 Å². The number of nitrogens with one attached hydrogen (secondary N) is 1. The van der Waals surface area contributed by atoms with E-state index >= 15 is 0 Å². The first-order valence-corrected chi connectivity index (χ1v) is 9.13. The normalized spacial score (nSPS) is 28.8. The van der Waals surface area contributed by atoms with Crippen molar-refractivity contribution in [1.82, 2.24) is 9.62 Å². The van der Waals surface area contributed by atoms with Crippen LogP contribution in [0.5, 0.6) is 0 Å². The molecule has 2 fully saturated rings. The maximum atomic E-state index is 13.1. The molecule has 1 aromatic rings. The van der Waals surface area contributed by atoms with Gasteiger partial charge in [-0.15, -0.1) is 0 Å². The van der Waals surface area contributed by atoms with Crippen LogP contribution < -0.4 is 5.32 Å². The lowest BCUT2D eigenvalue weighted by Gasteiger charge is -2.34. The van der Waals surface area contributed by atoms with E-state index < -0.39 is 15.6 Å². The zero-order valence-corrected chi connectivity index (χ0v) is 14.3. The molecule has 0 saturated carbocycles. The highest BCUT2D eigenvalue weighted by atomic mass is 35.5. The Morgan fingerprint density at radius 1 is 1.24 bits per heavy atom. The van der Waals surface area contributed by atoms with Crippen molar-refractivity contribution < 1.29 is 8.42 Å². The molecule has 3 rings (SSSR count). The molecular formula is C14H18Cl2N2O2S. The Morgan fingerprint density at radius 2 is 1.86 bits per heavy atom. The van der Waals surface area contributed by atoms with Gasteiger partial charge < -0.3 is 5.32 Å². The first-order chi connectivity index (χ1) is 9.76. The van der Waals surface area contributed by atoms with E-state index in [-0.39, 0.29) is 14.9 Å². The molecule has 0 amide bonds. The summed E-state index contributed by atoms with van der Waals surface area (Å²) in [5, 5.41) is 3.69. The van der Waals surface area contributed by atoms with E-state index in [1.807, 2.05) is 13.8 Å². The average Bonchev–Trinajstić information content (AvgIpc) is 2.91. The molecule has 2 aliphatic rings. The van der Waals surface area contributed by atoms with Crippen LogP contribution in [0.2, 0.25) is 10.0 Å². The van der Waals surface area contributed by atoms with Gasteiger partial charge in [0.05, 0.1) is 10.0 Å². The van der Waals surface area contributed by atoms with Crippen molar-refractivity contribution in [2.75, 3.05) is 19.6 Å². The Morgan fingerprint density at radius 3 is 2.43 bits per heavy atom. The summed E-state index contributed by atoms with van der Waals surface area (Å²) in [7, 11) is -3.71. The second-order valence-corrected chi connectivity index (χ2v) is 8.88. The molecule has 116 valence electrons. The Balaban J connectivity index is 2.08. The standard InChI is InChI=1S/C14H18Cl2N2O2S/c1-14(2)10-7-17-6-9(10)8-18(14)21(19,20)13-11(15)4-3-5-12(13)16/h3-5,9-10,17H,6-8H2,1-2H3. The Bertz CT molecular complexity index is 655. The molecule has 2 heterocycles. The van der Waals surface area contributed by atoms with Crippen molar-refractivity contribution in [3.63, 3.8) is 0 Å². The number of rotatable bonds is 2. The van der Waals surface area contributed by atoms with Crippen molar-refractivity contribution in [3.05, 3.63) is 28.2 Å². The van der Waals surface area contributed by atoms with Gasteiger partial charge in [-0.3, -0.25) is 0 Å². The zero-order chi connectivity index (χ0) is 15.4. The van der Waals surface area contributed by atoms with Crippen LogP contribution in [0, 0.1) is 11.8 Å². The van der Waals surface area contributed by atoms with Gasteiger partial charge in [-0.05, 0) is 44.4 Å². The lowest BCUT2D eigenvalue weighted by Crippen LogP contribution is -2.47. The van der Waals surface area contributed by atoms with Crippen molar-refractivity contribution in [1.29, 1.82) is 0 Å². The number of fused-ring (bicyclic) bond motifs is 1. The second kappa shape index (κ2) is 5.10. The lowest BCUT2D eigenvalue weighted by molar-refractivity contribution is 0.233. The van der Waals surface area contributed by atoms with Crippen LogP contribution >= 0.6 is 23.2 Å². The lowest BCUT2D eigenvalue weighted by atomic mass is 9.85. The third-order valence-corrected chi connectivity index (χ3v) is 7.77. The molecule has 2 unspecified atom stereocenters. The van der Waals surface area contributed by atoms with Crippen molar-refractivity contribution in [3.8, 4) is 0 Å². The summed E-state index contributed by atoms with van der Waals surface area (Å²) in [6, 6.07) is 4.77. The number of hydrogen-bond donors (Lipinski definition) is 1. The maximum absolute atomic E-state index is 13.1. The quantitative estimate of drug-likeness (QED) is 0.893. The van der Waals surface area contributed by atoms with E-state index in [9.17, 15) is 8.42 Å². The molecule has 4 nitrogen and oxygen atoms in total. The molecule has 7 heteroatoms. The fraction of sp³-hybridized carbons (Fsp3) is 0.571. The van der Waals surface area contributed by atoms with E-state index in [2.05, 4.69) is 5.32 Å². The van der Waals surface area contributed by atoms with E-state index in [0.29, 0.717) is 18.4 Å². The van der Waals surface area contributed by atoms with E-state index in [0.717, 1.165) is 13.1 Å². The molecule has 0 spiro atoms. The van der Waals surface area contributed by atoms with E-state index in [1.165, 1.54) is 0 Å². The highest BCUT2D eigenvalue weighted by Gasteiger charge is 2.54. The summed E-state index contributed by atoms with van der Waals surface area (Å²) in [5.74, 6) is 0.657. The molecule has 2 saturated heterocycles. The highest BCUT2D eigenvalue weighted by Crippen LogP contribution is 2.45. The van der Waals surface area contributed by atoms with Gasteiger partial charge in [-0.25, -0.2) is 8.42 Å². The minimum atomic E-state index is -3.71.